The van der Waals surface area contributed by atoms with Gasteiger partial charge in [-0.15, -0.1) is 0 Å². The minimum absolute atomic E-state index is 0.118. The van der Waals surface area contributed by atoms with E-state index < -0.39 is 69.1 Å². The van der Waals surface area contributed by atoms with Crippen molar-refractivity contribution in [2.45, 2.75) is 115 Å². The molecular formula is C85H112F6N16O9. The van der Waals surface area contributed by atoms with E-state index in [9.17, 15) is 59.9 Å². The number of likely N-dealkylation sites (tertiary alicyclic amines) is 3. The molecule has 8 aliphatic heterocycles. The van der Waals surface area contributed by atoms with E-state index in [4.69, 9.17) is 9.84 Å². The minimum Gasteiger partial charge on any atom is -0.481 e. The molecular weight excluding hydrogens is 1500 g/mol. The molecule has 8 aliphatic rings. The molecule has 0 unspecified atom stereocenters. The summed E-state index contributed by atoms with van der Waals surface area (Å²) in [5.41, 5.74) is 1.88. The van der Waals surface area contributed by atoms with Crippen LogP contribution < -0.4 is 42.2 Å². The highest BCUT2D eigenvalue weighted by molar-refractivity contribution is 6.08. The van der Waals surface area contributed by atoms with E-state index in [1.807, 2.05) is 95.5 Å². The maximum Gasteiger partial charge on any atom is 0.417 e. The second kappa shape index (κ2) is 38.9. The van der Waals surface area contributed by atoms with Crippen LogP contribution in [0.15, 0.2) is 119 Å². The van der Waals surface area contributed by atoms with Crippen LogP contribution in [0.25, 0.3) is 22.3 Å². The number of amides is 4. The molecule has 25 nitrogen and oxygen atoms in total. The van der Waals surface area contributed by atoms with E-state index in [2.05, 4.69) is 99.6 Å². The number of pyridine rings is 2. The third kappa shape index (κ3) is 23.4. The molecule has 116 heavy (non-hydrogen) atoms. The van der Waals surface area contributed by atoms with Crippen LogP contribution in [0, 0.1) is 11.8 Å². The number of H-pyrrole nitrogens is 2. The number of carboxylic acid groups (broad SMARTS) is 1. The molecule has 31 heteroatoms. The number of carbonyl (C=O) groups is 5. The van der Waals surface area contributed by atoms with Gasteiger partial charge in [-0.2, -0.15) is 26.3 Å². The monoisotopic (exact) mass is 1610 g/mol. The number of aliphatic carboxylic acids is 1. The van der Waals surface area contributed by atoms with Crippen LogP contribution in [0.5, 0.6) is 0 Å². The lowest BCUT2D eigenvalue weighted by Crippen LogP contribution is -2.52. The van der Waals surface area contributed by atoms with E-state index >= 15 is 0 Å². The summed E-state index contributed by atoms with van der Waals surface area (Å²) in [6.07, 6.45) is -0.686. The van der Waals surface area contributed by atoms with Gasteiger partial charge in [-0.05, 0) is 195 Å². The first kappa shape index (κ1) is 86.1. The Kier molecular flexibility index (Phi) is 28.9. The van der Waals surface area contributed by atoms with Crippen LogP contribution in [0.1, 0.15) is 115 Å². The molecule has 0 saturated carbocycles. The molecule has 7 N–H and O–H groups in total. The van der Waals surface area contributed by atoms with Crippen molar-refractivity contribution in [1.82, 2.24) is 59.8 Å². The van der Waals surface area contributed by atoms with E-state index in [0.29, 0.717) is 73.4 Å². The number of carboxylic acids is 1. The molecule has 4 aromatic carbocycles. The van der Waals surface area contributed by atoms with Crippen LogP contribution in [0.2, 0.25) is 0 Å². The fraction of sp³-hybridized carbons (Fsp3) is 0.541. The van der Waals surface area contributed by atoms with Crippen molar-refractivity contribution in [3.63, 3.8) is 0 Å². The topological polar surface area (TPSA) is 261 Å². The summed E-state index contributed by atoms with van der Waals surface area (Å²) in [6.45, 7) is 27.5. The van der Waals surface area contributed by atoms with Crippen molar-refractivity contribution in [2.24, 2.45) is 11.8 Å². The maximum atomic E-state index is 13.9. The number of hydrogen-bond donors (Lipinski definition) is 7. The summed E-state index contributed by atoms with van der Waals surface area (Å²) >= 11 is 0. The van der Waals surface area contributed by atoms with Gasteiger partial charge < -0.3 is 80.3 Å². The molecule has 2 aromatic heterocycles. The first-order chi connectivity index (χ1) is 55.4. The number of hydrogen-bond acceptors (Lipinski definition) is 18. The smallest absolute Gasteiger partial charge is 0.417 e. The number of halogens is 6. The van der Waals surface area contributed by atoms with E-state index in [1.165, 1.54) is 12.8 Å². The third-order valence-corrected chi connectivity index (χ3v) is 23.6. The normalized spacial score (nSPS) is 19.6. The zero-order chi connectivity index (χ0) is 82.4. The van der Waals surface area contributed by atoms with Gasteiger partial charge >= 0.3 is 24.4 Å². The maximum absolute atomic E-state index is 13.9. The second-order valence-corrected chi connectivity index (χ2v) is 32.9. The van der Waals surface area contributed by atoms with Gasteiger partial charge in [-0.25, -0.2) is 4.79 Å². The van der Waals surface area contributed by atoms with Crippen molar-refractivity contribution in [1.29, 1.82) is 0 Å². The summed E-state index contributed by atoms with van der Waals surface area (Å²) in [7, 11) is 4.07. The Morgan fingerprint density at radius 2 is 0.871 bits per heavy atom. The quantitative estimate of drug-likeness (QED) is 0.0445. The number of nitrogens with one attached hydrogen (secondary N) is 6. The van der Waals surface area contributed by atoms with E-state index in [-0.39, 0.29) is 17.9 Å². The lowest BCUT2D eigenvalue weighted by Gasteiger charge is -2.41. The van der Waals surface area contributed by atoms with E-state index in [0.717, 1.165) is 234 Å². The number of aromatic nitrogens is 2. The molecule has 14 rings (SSSR count). The largest absolute Gasteiger partial charge is 0.481 e. The number of anilines is 4. The van der Waals surface area contributed by atoms with Crippen LogP contribution >= 0.6 is 0 Å². The summed E-state index contributed by atoms with van der Waals surface area (Å²) in [6, 6.07) is 29.7. The Morgan fingerprint density at radius 1 is 0.457 bits per heavy atom. The van der Waals surface area contributed by atoms with Crippen molar-refractivity contribution in [2.75, 3.05) is 192 Å². The number of alkyl halides is 6. The van der Waals surface area contributed by atoms with Crippen molar-refractivity contribution >= 4 is 52.5 Å². The lowest BCUT2D eigenvalue weighted by atomic mass is 9.92. The lowest BCUT2D eigenvalue weighted by molar-refractivity contribution is -0.143. The van der Waals surface area contributed by atoms with Crippen LogP contribution in [0.4, 0.5) is 53.9 Å². The molecule has 6 aromatic rings. The zero-order valence-corrected chi connectivity index (χ0v) is 67.2. The summed E-state index contributed by atoms with van der Waals surface area (Å²) in [5.74, 6) is -2.33. The minimum atomic E-state index is -4.88. The Balaban J connectivity index is 0.000000175. The Morgan fingerprint density at radius 3 is 1.30 bits per heavy atom. The fourth-order valence-corrected chi connectivity index (χ4v) is 16.8. The predicted octanol–water partition coefficient (Wildman–Crippen LogP) is 9.83. The van der Waals surface area contributed by atoms with Crippen molar-refractivity contribution in [3.8, 4) is 22.3 Å². The summed E-state index contributed by atoms with van der Waals surface area (Å²) < 4.78 is 88.0. The highest BCUT2D eigenvalue weighted by atomic mass is 19.4. The van der Waals surface area contributed by atoms with Gasteiger partial charge in [0.1, 0.15) is 5.60 Å². The number of piperazine rings is 4. The van der Waals surface area contributed by atoms with Gasteiger partial charge in [0, 0.05) is 173 Å². The number of likely N-dealkylation sites (N-methyl/N-ethyl adjacent to an activating group) is 2. The molecule has 8 saturated heterocycles. The molecule has 4 amide bonds. The van der Waals surface area contributed by atoms with Crippen LogP contribution in [-0.2, 0) is 39.8 Å². The van der Waals surface area contributed by atoms with Crippen LogP contribution in [-0.4, -0.2) is 273 Å². The second-order valence-electron chi connectivity index (χ2n) is 32.9. The molecule has 0 bridgehead atoms. The zero-order valence-electron chi connectivity index (χ0n) is 67.2. The Bertz CT molecular complexity index is 4460. The number of nitrogens with zero attached hydrogens (tertiary/aromatic N) is 10. The molecule has 0 aliphatic carbocycles. The van der Waals surface area contributed by atoms with Gasteiger partial charge in [0.25, 0.3) is 11.8 Å². The Hall–Kier alpha value is -9.21. The molecule has 628 valence electrons. The average molecular weight is 1620 g/mol. The average Bonchev–Trinajstić information content (AvgIpc) is 0.793. The van der Waals surface area contributed by atoms with Gasteiger partial charge in [-0.3, -0.25) is 38.6 Å². The van der Waals surface area contributed by atoms with Crippen LogP contribution in [0.3, 0.4) is 0 Å². The number of piperidine rings is 4. The summed E-state index contributed by atoms with van der Waals surface area (Å²) in [4.78, 5) is 113. The number of ether oxygens (including phenoxy) is 1. The molecule has 10 heterocycles. The predicted molar refractivity (Wildman–Crippen MR) is 436 cm³/mol. The highest BCUT2D eigenvalue weighted by Gasteiger charge is 2.40. The van der Waals surface area contributed by atoms with Gasteiger partial charge in [0.15, 0.2) is 0 Å². The van der Waals surface area contributed by atoms with Gasteiger partial charge in [0.2, 0.25) is 17.0 Å². The standard InChI is InChI=1S/C40H51F3N8O3.C29H33F3N6O2.C16H28N2O4/c1-47-15-19-50(20-16-47)36-6-5-31(24-35(36)46-38(53)33-26-45-37(52)25-34(33)40(41,42)43)30-4-2-3-28(23-30)27-48-17-21-51(22-18-48)39(54)29-9-13-49(14-10-29)32-7-11-44-12-8-32;1-36-11-13-38(14-12-36)26-6-5-22(21-4-2-3-20(15-21)19-37-9-7-33-8-10-37)16-25(26)35-28(40)23-18-34-27(39)17-24(23)29(30,31)32;1-16(2,3)22-15(21)18-10-6-13(7-11-18)17-8-4-12(5-9-17)14(19)20/h2-6,23-26,29,32,44H,7-22,27H2,1H3,(H,45,52)(H,46,53);2-6,15-18,33H,7-14,19H2,1H3,(H,34,39)(H,35,40);12-13H,4-11H2,1-3H3,(H,19,20). The van der Waals surface area contributed by atoms with E-state index in [1.54, 1.807) is 4.90 Å². The number of carbonyl (C=O) groups excluding carboxylic acids is 4. The third-order valence-electron chi connectivity index (χ3n) is 23.6. The highest BCUT2D eigenvalue weighted by Crippen LogP contribution is 2.39. The first-order valence-corrected chi connectivity index (χ1v) is 40.8. The van der Waals surface area contributed by atoms with Gasteiger partial charge in [-0.1, -0.05) is 48.5 Å². The van der Waals surface area contributed by atoms with Crippen molar-refractivity contribution < 1.29 is 60.2 Å². The molecule has 0 radical (unpaired) electrons. The molecule has 0 atom stereocenters. The SMILES string of the molecule is CC(C)(C)OC(=O)N1CCC(N2CCC(C(=O)O)CC2)CC1.CN1CCN(c2ccc(-c3cccc(CN4CCN(C(=O)C5CCN(C6CCNCC6)CC5)CC4)c3)cc2NC(=O)c2c[nH]c(=O)cc2C(F)(F)F)CC1.CN1CCN(c2ccc(-c3cccc(CN4CCNCC4)c3)cc2NC(=O)c2c[nH]c(=O)cc2C(F)(F)F)CC1. The molecule has 0 spiro atoms. The van der Waals surface area contributed by atoms with Gasteiger partial charge in [0.05, 0.1) is 50.9 Å². The number of benzene rings is 4. The number of rotatable bonds is 16. The Labute approximate surface area is 674 Å². The van der Waals surface area contributed by atoms with Crippen molar-refractivity contribution in [3.05, 3.63) is 164 Å². The molecule has 8 fully saturated rings. The fourth-order valence-electron chi connectivity index (χ4n) is 16.8. The summed E-state index contributed by atoms with van der Waals surface area (Å²) in [5, 5.41) is 21.3. The number of aromatic amines is 2. The first-order valence-electron chi connectivity index (χ1n) is 40.8.